The van der Waals surface area contributed by atoms with Gasteiger partial charge in [-0.1, -0.05) is 35.3 Å². The quantitative estimate of drug-likeness (QED) is 0.593. The van der Waals surface area contributed by atoms with Crippen molar-refractivity contribution >= 4 is 40.5 Å². The molecule has 0 unspecified atom stereocenters. The van der Waals surface area contributed by atoms with E-state index in [1.165, 1.54) is 4.90 Å². The Morgan fingerprint density at radius 2 is 1.86 bits per heavy atom. The molecule has 3 rings (SSSR count). The summed E-state index contributed by atoms with van der Waals surface area (Å²) in [5, 5.41) is 13.5. The zero-order chi connectivity index (χ0) is 15.9. The van der Waals surface area contributed by atoms with Crippen LogP contribution in [0.15, 0.2) is 42.5 Å². The summed E-state index contributed by atoms with van der Waals surface area (Å²) in [6, 6.07) is 12.1. The molecule has 22 heavy (non-hydrogen) atoms. The lowest BCUT2D eigenvalue weighted by Crippen LogP contribution is -2.31. The number of hydrogen-bond acceptors (Lipinski definition) is 2. The fourth-order valence-corrected chi connectivity index (χ4v) is 2.90. The zero-order valence-electron chi connectivity index (χ0n) is 11.7. The normalized spacial score (nSPS) is 14.9. The summed E-state index contributed by atoms with van der Waals surface area (Å²) < 4.78 is 0.669. The van der Waals surface area contributed by atoms with Crippen LogP contribution < -0.4 is 4.90 Å². The van der Waals surface area contributed by atoms with Gasteiger partial charge in [-0.15, -0.1) is 0 Å². The average Bonchev–Trinajstić information content (AvgIpc) is 2.56. The highest BCUT2D eigenvalue weighted by Gasteiger charge is 2.30. The van der Waals surface area contributed by atoms with Crippen LogP contribution in [-0.2, 0) is 4.79 Å². The molecule has 0 bridgehead atoms. The molecule has 6 heteroatoms. The molecule has 4 nitrogen and oxygen atoms in total. The molecule has 1 aliphatic heterocycles. The number of anilines is 1. The zero-order valence-corrected chi connectivity index (χ0v) is 13.2. The number of carbonyl (C=O) groups is 1. The predicted octanol–water partition coefficient (Wildman–Crippen LogP) is 3.32. The van der Waals surface area contributed by atoms with Crippen molar-refractivity contribution in [1.29, 1.82) is 0 Å². The van der Waals surface area contributed by atoms with Crippen molar-refractivity contribution in [2.75, 3.05) is 18.5 Å². The smallest absolute Gasteiger partial charge is 0.293 e. The first-order valence-electron chi connectivity index (χ1n) is 6.62. The van der Waals surface area contributed by atoms with E-state index in [2.05, 4.69) is 0 Å². The number of hydroxylamine groups is 1. The van der Waals surface area contributed by atoms with E-state index in [0.717, 1.165) is 0 Å². The summed E-state index contributed by atoms with van der Waals surface area (Å²) in [7, 11) is 1.64. The minimum atomic E-state index is -0.291. The van der Waals surface area contributed by atoms with E-state index >= 15 is 0 Å². The maximum atomic E-state index is 12.5. The Balaban J connectivity index is 2.34. The molecule has 2 aromatic carbocycles. The number of likely N-dealkylation sites (N-methyl/N-ethyl adjacent to an activating group) is 1. The van der Waals surface area contributed by atoms with Gasteiger partial charge in [-0.2, -0.15) is 4.74 Å². The van der Waals surface area contributed by atoms with E-state index in [1.807, 2.05) is 0 Å². The van der Waals surface area contributed by atoms with Crippen LogP contribution in [-0.4, -0.2) is 30.0 Å². The number of hydrogen-bond donors (Lipinski definition) is 0. The molecule has 1 amide bonds. The standard InChI is InChI=1S/C16H12Cl2N2O2/c1-19-14-7-6-10(17)8-12(14)16(20(22)9-15(19)21)11-4-2-3-5-13(11)18/h2-8H,9H2,1H3. The molecule has 1 heterocycles. The van der Waals surface area contributed by atoms with Crippen molar-refractivity contribution in [3.05, 3.63) is 68.8 Å². The van der Waals surface area contributed by atoms with Gasteiger partial charge in [0.05, 0.1) is 21.8 Å². The van der Waals surface area contributed by atoms with Gasteiger partial charge in [0.25, 0.3) is 5.91 Å². The molecule has 0 saturated carbocycles. The average molecular weight is 335 g/mol. The number of benzene rings is 2. The van der Waals surface area contributed by atoms with Crippen molar-refractivity contribution in [2.24, 2.45) is 0 Å². The van der Waals surface area contributed by atoms with Crippen molar-refractivity contribution in [1.82, 2.24) is 0 Å². The summed E-state index contributed by atoms with van der Waals surface area (Å²) in [5.74, 6) is -0.291. The van der Waals surface area contributed by atoms with E-state index in [1.54, 1.807) is 49.5 Å². The van der Waals surface area contributed by atoms with Gasteiger partial charge in [0, 0.05) is 12.1 Å². The van der Waals surface area contributed by atoms with E-state index in [9.17, 15) is 10.0 Å². The van der Waals surface area contributed by atoms with Crippen LogP contribution in [0, 0.1) is 5.21 Å². The van der Waals surface area contributed by atoms with Crippen molar-refractivity contribution in [2.45, 2.75) is 0 Å². The molecule has 0 saturated heterocycles. The van der Waals surface area contributed by atoms with E-state index in [0.29, 0.717) is 37.3 Å². The third-order valence-electron chi connectivity index (χ3n) is 3.61. The van der Waals surface area contributed by atoms with Crippen molar-refractivity contribution < 1.29 is 9.53 Å². The van der Waals surface area contributed by atoms with E-state index in [4.69, 9.17) is 23.2 Å². The minimum Gasteiger partial charge on any atom is -0.623 e. The number of rotatable bonds is 1. The summed E-state index contributed by atoms with van der Waals surface area (Å²) >= 11 is 12.3. The number of amides is 1. The van der Waals surface area contributed by atoms with Crippen molar-refractivity contribution in [3.8, 4) is 0 Å². The lowest BCUT2D eigenvalue weighted by molar-refractivity contribution is -0.443. The summed E-state index contributed by atoms with van der Waals surface area (Å²) in [4.78, 5) is 13.6. The van der Waals surface area contributed by atoms with Gasteiger partial charge in [-0.05, 0) is 30.3 Å². The highest BCUT2D eigenvalue weighted by atomic mass is 35.5. The minimum absolute atomic E-state index is 0.274. The SMILES string of the molecule is CN1C(=O)C[N+]([O-])=C(c2ccccc2Cl)c2cc(Cl)ccc21. The number of benzodiazepines with no additional fused rings is 1. The first kappa shape index (κ1) is 14.9. The van der Waals surface area contributed by atoms with Crippen LogP contribution in [0.4, 0.5) is 5.69 Å². The third kappa shape index (κ3) is 2.45. The third-order valence-corrected chi connectivity index (χ3v) is 4.17. The van der Waals surface area contributed by atoms with Crippen LogP contribution in [0.2, 0.25) is 10.0 Å². The molecule has 2 aromatic rings. The molecule has 0 N–H and O–H groups in total. The lowest BCUT2D eigenvalue weighted by Gasteiger charge is -2.16. The van der Waals surface area contributed by atoms with Crippen LogP contribution in [0.25, 0.3) is 0 Å². The molecule has 0 aliphatic carbocycles. The second-order valence-electron chi connectivity index (χ2n) is 4.98. The Bertz CT molecular complexity index is 802. The first-order valence-corrected chi connectivity index (χ1v) is 7.37. The van der Waals surface area contributed by atoms with Crippen LogP contribution >= 0.6 is 23.2 Å². The van der Waals surface area contributed by atoms with Gasteiger partial charge in [0.2, 0.25) is 12.3 Å². The molecule has 0 atom stereocenters. The molecule has 0 fully saturated rings. The topological polar surface area (TPSA) is 46.4 Å². The van der Waals surface area contributed by atoms with Gasteiger partial charge in [-0.3, -0.25) is 4.79 Å². The first-order chi connectivity index (χ1) is 10.5. The van der Waals surface area contributed by atoms with Gasteiger partial charge >= 0.3 is 0 Å². The largest absolute Gasteiger partial charge is 0.623 e. The van der Waals surface area contributed by atoms with Gasteiger partial charge in [0.15, 0.2) is 0 Å². The van der Waals surface area contributed by atoms with E-state index in [-0.39, 0.29) is 12.5 Å². The summed E-state index contributed by atoms with van der Waals surface area (Å²) in [6.45, 7) is -0.274. The van der Waals surface area contributed by atoms with Gasteiger partial charge in [-0.25, -0.2) is 0 Å². The highest BCUT2D eigenvalue weighted by molar-refractivity contribution is 6.36. The fraction of sp³-hybridized carbons (Fsp3) is 0.125. The van der Waals surface area contributed by atoms with Crippen LogP contribution in [0.3, 0.4) is 0 Å². The number of fused-ring (bicyclic) bond motifs is 1. The maximum absolute atomic E-state index is 12.5. The molecular weight excluding hydrogens is 323 g/mol. The molecule has 1 aliphatic rings. The number of halogens is 2. The maximum Gasteiger partial charge on any atom is 0.293 e. The fourth-order valence-electron chi connectivity index (χ4n) is 2.50. The van der Waals surface area contributed by atoms with Gasteiger partial charge in [0.1, 0.15) is 0 Å². The Morgan fingerprint density at radius 3 is 2.59 bits per heavy atom. The predicted molar refractivity (Wildman–Crippen MR) is 88.0 cm³/mol. The summed E-state index contributed by atoms with van der Waals surface area (Å²) in [5.41, 5.74) is 2.14. The Hall–Kier alpha value is -2.04. The highest BCUT2D eigenvalue weighted by Crippen LogP contribution is 2.30. The molecule has 112 valence electrons. The van der Waals surface area contributed by atoms with E-state index < -0.39 is 0 Å². The van der Waals surface area contributed by atoms with Crippen LogP contribution in [0.1, 0.15) is 11.1 Å². The second kappa shape index (κ2) is 5.63. The lowest BCUT2D eigenvalue weighted by atomic mass is 10.00. The Morgan fingerprint density at radius 1 is 1.14 bits per heavy atom. The Kier molecular flexibility index (Phi) is 3.81. The molecule has 0 spiro atoms. The number of nitrogens with zero attached hydrogens (tertiary/aromatic N) is 2. The second-order valence-corrected chi connectivity index (χ2v) is 5.82. The van der Waals surface area contributed by atoms with Crippen molar-refractivity contribution in [3.63, 3.8) is 0 Å². The Labute approximate surface area is 137 Å². The summed E-state index contributed by atoms with van der Waals surface area (Å²) in [6.07, 6.45) is 0. The molecule has 0 aromatic heterocycles. The number of carbonyl (C=O) groups excluding carboxylic acids is 1. The monoisotopic (exact) mass is 334 g/mol. The molecule has 0 radical (unpaired) electrons. The molecular formula is C16H12Cl2N2O2. The van der Waals surface area contributed by atoms with Gasteiger partial charge < -0.3 is 10.1 Å². The van der Waals surface area contributed by atoms with Crippen LogP contribution in [0.5, 0.6) is 0 Å².